The van der Waals surface area contributed by atoms with Gasteiger partial charge >= 0.3 is 6.16 Å². The lowest BCUT2D eigenvalue weighted by Gasteiger charge is -2.17. The summed E-state index contributed by atoms with van der Waals surface area (Å²) in [4.78, 5) is 11.8. The average molecular weight is 272 g/mol. The van der Waals surface area contributed by atoms with Crippen LogP contribution in [0.15, 0.2) is 60.7 Å². The van der Waals surface area contributed by atoms with Gasteiger partial charge in [-0.05, 0) is 17.7 Å². The van der Waals surface area contributed by atoms with Crippen molar-refractivity contribution in [3.05, 3.63) is 66.2 Å². The second-order valence-corrected chi connectivity index (χ2v) is 4.14. The topological polar surface area (TPSA) is 44.8 Å². The number of para-hydroxylation sites is 1. The Labute approximate surface area is 117 Å². The fourth-order valence-corrected chi connectivity index (χ4v) is 1.74. The van der Waals surface area contributed by atoms with Gasteiger partial charge in [0, 0.05) is 7.11 Å². The van der Waals surface area contributed by atoms with Gasteiger partial charge in [-0.15, -0.1) is 0 Å². The largest absolute Gasteiger partial charge is 0.514 e. The van der Waals surface area contributed by atoms with E-state index in [2.05, 4.69) is 0 Å². The predicted octanol–water partition coefficient (Wildman–Crippen LogP) is 3.59. The third kappa shape index (κ3) is 4.10. The van der Waals surface area contributed by atoms with Crippen LogP contribution in [0.25, 0.3) is 0 Å². The van der Waals surface area contributed by atoms with Gasteiger partial charge < -0.3 is 14.2 Å². The van der Waals surface area contributed by atoms with E-state index in [9.17, 15) is 4.79 Å². The molecule has 0 amide bonds. The molecule has 0 fully saturated rings. The van der Waals surface area contributed by atoms with Gasteiger partial charge in [0.2, 0.25) is 0 Å². The van der Waals surface area contributed by atoms with Crippen LogP contribution >= 0.6 is 0 Å². The molecule has 4 nitrogen and oxygen atoms in total. The molecule has 0 saturated heterocycles. The summed E-state index contributed by atoms with van der Waals surface area (Å²) in [7, 11) is 1.56. The fourth-order valence-electron chi connectivity index (χ4n) is 1.74. The summed E-state index contributed by atoms with van der Waals surface area (Å²) in [6.45, 7) is 0.272. The van der Waals surface area contributed by atoms with Crippen molar-refractivity contribution in [1.82, 2.24) is 0 Å². The highest BCUT2D eigenvalue weighted by Gasteiger charge is 2.18. The van der Waals surface area contributed by atoms with Crippen molar-refractivity contribution in [2.45, 2.75) is 6.10 Å². The molecule has 104 valence electrons. The zero-order valence-electron chi connectivity index (χ0n) is 11.2. The molecule has 2 rings (SSSR count). The van der Waals surface area contributed by atoms with Crippen molar-refractivity contribution in [3.8, 4) is 5.75 Å². The Bertz CT molecular complexity index is 525. The van der Waals surface area contributed by atoms with Gasteiger partial charge in [0.15, 0.2) is 6.10 Å². The maximum Gasteiger partial charge on any atom is 0.514 e. The van der Waals surface area contributed by atoms with Gasteiger partial charge in [-0.3, -0.25) is 0 Å². The van der Waals surface area contributed by atoms with Gasteiger partial charge in [-0.1, -0.05) is 48.5 Å². The average Bonchev–Trinajstić information content (AvgIpc) is 2.49. The van der Waals surface area contributed by atoms with Crippen molar-refractivity contribution < 1.29 is 19.0 Å². The van der Waals surface area contributed by atoms with Crippen LogP contribution in [0.1, 0.15) is 11.7 Å². The number of hydrogen-bond acceptors (Lipinski definition) is 4. The predicted molar refractivity (Wildman–Crippen MR) is 74.6 cm³/mol. The maximum atomic E-state index is 11.8. The molecule has 0 spiro atoms. The molecule has 0 N–H and O–H groups in total. The van der Waals surface area contributed by atoms with Crippen LogP contribution in [0, 0.1) is 0 Å². The number of ether oxygens (including phenoxy) is 3. The summed E-state index contributed by atoms with van der Waals surface area (Å²) in [5.74, 6) is 0.446. The first-order valence-electron chi connectivity index (χ1n) is 6.27. The molecule has 0 aliphatic rings. The van der Waals surface area contributed by atoms with Crippen molar-refractivity contribution in [2.75, 3.05) is 13.7 Å². The molecule has 2 aromatic rings. The third-order valence-corrected chi connectivity index (χ3v) is 2.67. The van der Waals surface area contributed by atoms with Gasteiger partial charge in [-0.25, -0.2) is 4.79 Å². The Hall–Kier alpha value is -2.33. The molecule has 0 radical (unpaired) electrons. The maximum absolute atomic E-state index is 11.8. The van der Waals surface area contributed by atoms with Gasteiger partial charge in [-0.2, -0.15) is 0 Å². The molecule has 1 atom stereocenters. The lowest BCUT2D eigenvalue weighted by Crippen LogP contribution is -2.18. The lowest BCUT2D eigenvalue weighted by molar-refractivity contribution is 0.0152. The number of methoxy groups -OCH3 is 1. The van der Waals surface area contributed by atoms with Crippen LogP contribution in [-0.4, -0.2) is 19.9 Å². The molecule has 0 aromatic heterocycles. The minimum Gasteiger partial charge on any atom is -0.423 e. The van der Waals surface area contributed by atoms with Crippen LogP contribution in [0.4, 0.5) is 4.79 Å². The van der Waals surface area contributed by atoms with E-state index < -0.39 is 12.3 Å². The van der Waals surface area contributed by atoms with Gasteiger partial charge in [0.1, 0.15) is 5.75 Å². The van der Waals surface area contributed by atoms with E-state index in [1.54, 1.807) is 31.4 Å². The van der Waals surface area contributed by atoms with E-state index in [0.29, 0.717) is 5.75 Å². The summed E-state index contributed by atoms with van der Waals surface area (Å²) < 4.78 is 15.5. The molecule has 0 saturated carbocycles. The number of rotatable bonds is 5. The van der Waals surface area contributed by atoms with Gasteiger partial charge in [0.05, 0.1) is 6.61 Å². The number of benzene rings is 2. The van der Waals surface area contributed by atoms with E-state index >= 15 is 0 Å². The van der Waals surface area contributed by atoms with Crippen LogP contribution in [0.3, 0.4) is 0 Å². The highest BCUT2D eigenvalue weighted by atomic mass is 16.7. The van der Waals surface area contributed by atoms with Crippen LogP contribution in [0.5, 0.6) is 5.75 Å². The van der Waals surface area contributed by atoms with Crippen LogP contribution in [0.2, 0.25) is 0 Å². The summed E-state index contributed by atoms with van der Waals surface area (Å²) in [6.07, 6.45) is -1.24. The van der Waals surface area contributed by atoms with Crippen LogP contribution in [-0.2, 0) is 9.47 Å². The molecular weight excluding hydrogens is 256 g/mol. The number of carbonyl (C=O) groups excluding carboxylic acids is 1. The van der Waals surface area contributed by atoms with E-state index in [0.717, 1.165) is 5.56 Å². The minimum atomic E-state index is -0.748. The first-order chi connectivity index (χ1) is 9.79. The van der Waals surface area contributed by atoms with Crippen molar-refractivity contribution in [2.24, 2.45) is 0 Å². The molecule has 1 unspecified atom stereocenters. The first-order valence-corrected chi connectivity index (χ1v) is 6.27. The Kier molecular flexibility index (Phi) is 5.15. The van der Waals surface area contributed by atoms with E-state index in [1.807, 2.05) is 36.4 Å². The smallest absolute Gasteiger partial charge is 0.423 e. The Morgan fingerprint density at radius 2 is 1.60 bits per heavy atom. The van der Waals surface area contributed by atoms with E-state index in [1.165, 1.54) is 0 Å². The number of carbonyl (C=O) groups is 1. The SMILES string of the molecule is COCC(OC(=O)Oc1ccccc1)c1ccccc1. The Morgan fingerprint density at radius 1 is 1.00 bits per heavy atom. The Balaban J connectivity index is 1.99. The minimum absolute atomic E-state index is 0.272. The monoisotopic (exact) mass is 272 g/mol. The van der Waals surface area contributed by atoms with Crippen molar-refractivity contribution >= 4 is 6.16 Å². The second-order valence-electron chi connectivity index (χ2n) is 4.14. The zero-order valence-corrected chi connectivity index (χ0v) is 11.2. The molecule has 4 heteroatoms. The lowest BCUT2D eigenvalue weighted by atomic mass is 10.1. The second kappa shape index (κ2) is 7.31. The first kappa shape index (κ1) is 14.1. The summed E-state index contributed by atoms with van der Waals surface area (Å²) in [5.41, 5.74) is 0.861. The molecule has 20 heavy (non-hydrogen) atoms. The van der Waals surface area contributed by atoms with Gasteiger partial charge in [0.25, 0.3) is 0 Å². The molecule has 0 heterocycles. The molecular formula is C16H16O4. The fraction of sp³-hybridized carbons (Fsp3) is 0.188. The van der Waals surface area contributed by atoms with Crippen molar-refractivity contribution in [1.29, 1.82) is 0 Å². The highest BCUT2D eigenvalue weighted by molar-refractivity contribution is 5.64. The zero-order chi connectivity index (χ0) is 14.2. The highest BCUT2D eigenvalue weighted by Crippen LogP contribution is 2.19. The van der Waals surface area contributed by atoms with E-state index in [4.69, 9.17) is 14.2 Å². The number of hydrogen-bond donors (Lipinski definition) is 0. The summed E-state index contributed by atoms with van der Waals surface area (Å²) >= 11 is 0. The quantitative estimate of drug-likeness (QED) is 0.616. The standard InChI is InChI=1S/C16H16O4/c1-18-12-15(13-8-4-2-5-9-13)20-16(17)19-14-10-6-3-7-11-14/h2-11,15H,12H2,1H3. The molecule has 0 aliphatic heterocycles. The van der Waals surface area contributed by atoms with Crippen molar-refractivity contribution in [3.63, 3.8) is 0 Å². The summed E-state index contributed by atoms with van der Waals surface area (Å²) in [6, 6.07) is 18.2. The third-order valence-electron chi connectivity index (χ3n) is 2.67. The normalized spacial score (nSPS) is 11.7. The summed E-state index contributed by atoms with van der Waals surface area (Å²) in [5, 5.41) is 0. The molecule has 2 aromatic carbocycles. The van der Waals surface area contributed by atoms with Crippen LogP contribution < -0.4 is 4.74 Å². The van der Waals surface area contributed by atoms with E-state index in [-0.39, 0.29) is 6.61 Å². The molecule has 0 bridgehead atoms. The Morgan fingerprint density at radius 3 is 2.20 bits per heavy atom. The molecule has 0 aliphatic carbocycles.